The number of nitrogens with one attached hydrogen (secondary N) is 1. The molecule has 1 aliphatic carbocycles. The maximum Gasteiger partial charge on any atom is 0.0294 e. The lowest BCUT2D eigenvalue weighted by atomic mass is 10.1. The van der Waals surface area contributed by atoms with Gasteiger partial charge in [0.05, 0.1) is 0 Å². The molecule has 1 fully saturated rings. The predicted molar refractivity (Wildman–Crippen MR) is 68.3 cm³/mol. The molecule has 3 unspecified atom stereocenters. The van der Waals surface area contributed by atoms with E-state index in [-0.39, 0.29) is 0 Å². The van der Waals surface area contributed by atoms with E-state index in [1.54, 1.807) is 0 Å². The molecule has 0 heterocycles. The van der Waals surface area contributed by atoms with Crippen molar-refractivity contribution < 1.29 is 0 Å². The Morgan fingerprint density at radius 3 is 2.50 bits per heavy atom. The minimum absolute atomic E-state index is 0.405. The molecular weight excluding hydrogens is 196 g/mol. The highest BCUT2D eigenvalue weighted by Gasteiger charge is 2.22. The summed E-state index contributed by atoms with van der Waals surface area (Å²) in [6.07, 6.45) is 3.51. The highest BCUT2D eigenvalue weighted by molar-refractivity contribution is 5.23. The Morgan fingerprint density at radius 1 is 1.25 bits per heavy atom. The summed E-state index contributed by atoms with van der Waals surface area (Å²) in [5.41, 5.74) is 8.60. The Labute approximate surface area is 98.2 Å². The van der Waals surface area contributed by atoms with Crippen molar-refractivity contribution in [2.24, 2.45) is 5.73 Å². The summed E-state index contributed by atoms with van der Waals surface area (Å²) < 4.78 is 0. The Balaban J connectivity index is 1.92. The Bertz CT molecular complexity index is 331. The van der Waals surface area contributed by atoms with Gasteiger partial charge >= 0.3 is 0 Å². The van der Waals surface area contributed by atoms with Gasteiger partial charge in [-0.1, -0.05) is 29.8 Å². The fourth-order valence-electron chi connectivity index (χ4n) is 2.47. The molecule has 0 bridgehead atoms. The molecule has 0 aromatic heterocycles. The second-order valence-electron chi connectivity index (χ2n) is 5.07. The molecular formula is C14H22N2. The minimum atomic E-state index is 0.405. The van der Waals surface area contributed by atoms with Crippen LogP contribution < -0.4 is 11.1 Å². The van der Waals surface area contributed by atoms with Crippen LogP contribution >= 0.6 is 0 Å². The van der Waals surface area contributed by atoms with Crippen molar-refractivity contribution in [1.29, 1.82) is 0 Å². The van der Waals surface area contributed by atoms with Gasteiger partial charge in [-0.15, -0.1) is 0 Å². The van der Waals surface area contributed by atoms with Crippen molar-refractivity contribution in [1.82, 2.24) is 5.32 Å². The van der Waals surface area contributed by atoms with E-state index in [1.807, 2.05) is 0 Å². The van der Waals surface area contributed by atoms with Gasteiger partial charge in [-0.3, -0.25) is 0 Å². The van der Waals surface area contributed by atoms with Gasteiger partial charge < -0.3 is 11.1 Å². The molecule has 2 heteroatoms. The molecule has 2 rings (SSSR count). The second kappa shape index (κ2) is 4.98. The first-order valence-corrected chi connectivity index (χ1v) is 6.23. The SMILES string of the molecule is Cc1ccc(C(C)NC2CCC(N)C2)cc1. The summed E-state index contributed by atoms with van der Waals surface area (Å²) >= 11 is 0. The average molecular weight is 218 g/mol. The van der Waals surface area contributed by atoms with Crippen LogP contribution in [-0.2, 0) is 0 Å². The van der Waals surface area contributed by atoms with Gasteiger partial charge in [-0.25, -0.2) is 0 Å². The van der Waals surface area contributed by atoms with E-state index < -0.39 is 0 Å². The number of hydrogen-bond donors (Lipinski definition) is 2. The van der Waals surface area contributed by atoms with E-state index in [2.05, 4.69) is 43.4 Å². The lowest BCUT2D eigenvalue weighted by Gasteiger charge is -2.19. The van der Waals surface area contributed by atoms with Gasteiger partial charge in [0.25, 0.3) is 0 Å². The third-order valence-electron chi connectivity index (χ3n) is 3.54. The maximum atomic E-state index is 5.92. The van der Waals surface area contributed by atoms with Crippen LogP contribution in [0.3, 0.4) is 0 Å². The fourth-order valence-corrected chi connectivity index (χ4v) is 2.47. The van der Waals surface area contributed by atoms with Crippen molar-refractivity contribution >= 4 is 0 Å². The number of rotatable bonds is 3. The van der Waals surface area contributed by atoms with Gasteiger partial charge in [0.2, 0.25) is 0 Å². The van der Waals surface area contributed by atoms with Crippen molar-refractivity contribution in [3.63, 3.8) is 0 Å². The van der Waals surface area contributed by atoms with E-state index in [9.17, 15) is 0 Å². The minimum Gasteiger partial charge on any atom is -0.328 e. The summed E-state index contributed by atoms with van der Waals surface area (Å²) in [4.78, 5) is 0. The highest BCUT2D eigenvalue weighted by Crippen LogP contribution is 2.21. The molecule has 1 aromatic rings. The van der Waals surface area contributed by atoms with Gasteiger partial charge in [0.1, 0.15) is 0 Å². The fraction of sp³-hybridized carbons (Fsp3) is 0.571. The Kier molecular flexibility index (Phi) is 3.62. The summed E-state index contributed by atoms with van der Waals surface area (Å²) in [5, 5.41) is 3.66. The third kappa shape index (κ3) is 2.83. The maximum absolute atomic E-state index is 5.92. The molecule has 16 heavy (non-hydrogen) atoms. The number of nitrogens with two attached hydrogens (primary N) is 1. The van der Waals surface area contributed by atoms with E-state index >= 15 is 0 Å². The van der Waals surface area contributed by atoms with Crippen LogP contribution in [0.25, 0.3) is 0 Å². The molecule has 1 aliphatic rings. The Morgan fingerprint density at radius 2 is 1.94 bits per heavy atom. The zero-order chi connectivity index (χ0) is 11.5. The summed E-state index contributed by atoms with van der Waals surface area (Å²) in [7, 11) is 0. The molecule has 0 amide bonds. The zero-order valence-corrected chi connectivity index (χ0v) is 10.2. The van der Waals surface area contributed by atoms with Crippen molar-refractivity contribution in [3.05, 3.63) is 35.4 Å². The van der Waals surface area contributed by atoms with Crippen LogP contribution in [0.1, 0.15) is 43.4 Å². The van der Waals surface area contributed by atoms with Crippen LogP contribution in [0.4, 0.5) is 0 Å². The van der Waals surface area contributed by atoms with Gasteiger partial charge in [0, 0.05) is 18.1 Å². The molecule has 0 saturated heterocycles. The first-order chi connectivity index (χ1) is 7.65. The number of hydrogen-bond acceptors (Lipinski definition) is 2. The van der Waals surface area contributed by atoms with Crippen LogP contribution in [0.2, 0.25) is 0 Å². The topological polar surface area (TPSA) is 38.0 Å². The van der Waals surface area contributed by atoms with Crippen LogP contribution in [-0.4, -0.2) is 12.1 Å². The molecule has 1 aromatic carbocycles. The Hall–Kier alpha value is -0.860. The van der Waals surface area contributed by atoms with E-state index in [0.29, 0.717) is 18.1 Å². The van der Waals surface area contributed by atoms with E-state index in [0.717, 1.165) is 12.8 Å². The quantitative estimate of drug-likeness (QED) is 0.818. The highest BCUT2D eigenvalue weighted by atomic mass is 15.0. The van der Waals surface area contributed by atoms with Crippen molar-refractivity contribution in [2.45, 2.75) is 51.2 Å². The molecule has 3 N–H and O–H groups in total. The first-order valence-electron chi connectivity index (χ1n) is 6.23. The first kappa shape index (κ1) is 11.6. The molecule has 0 aliphatic heterocycles. The van der Waals surface area contributed by atoms with Crippen molar-refractivity contribution in [3.8, 4) is 0 Å². The lowest BCUT2D eigenvalue weighted by Crippen LogP contribution is -2.30. The largest absolute Gasteiger partial charge is 0.328 e. The lowest BCUT2D eigenvalue weighted by molar-refractivity contribution is 0.457. The van der Waals surface area contributed by atoms with Crippen molar-refractivity contribution in [2.75, 3.05) is 0 Å². The van der Waals surface area contributed by atoms with Gasteiger partial charge in [-0.2, -0.15) is 0 Å². The van der Waals surface area contributed by atoms with Crippen LogP contribution in [0.15, 0.2) is 24.3 Å². The molecule has 88 valence electrons. The normalized spacial score (nSPS) is 26.9. The van der Waals surface area contributed by atoms with Gasteiger partial charge in [0.15, 0.2) is 0 Å². The van der Waals surface area contributed by atoms with Crippen LogP contribution in [0, 0.1) is 6.92 Å². The smallest absolute Gasteiger partial charge is 0.0294 e. The molecule has 0 spiro atoms. The summed E-state index contributed by atoms with van der Waals surface area (Å²) in [6, 6.07) is 10.2. The monoisotopic (exact) mass is 218 g/mol. The summed E-state index contributed by atoms with van der Waals surface area (Å²) in [6.45, 7) is 4.35. The van der Waals surface area contributed by atoms with Crippen LogP contribution in [0.5, 0.6) is 0 Å². The molecule has 1 saturated carbocycles. The predicted octanol–water partition coefficient (Wildman–Crippen LogP) is 2.53. The molecule has 2 nitrogen and oxygen atoms in total. The molecule has 3 atom stereocenters. The summed E-state index contributed by atoms with van der Waals surface area (Å²) in [5.74, 6) is 0. The van der Waals surface area contributed by atoms with E-state index in [1.165, 1.54) is 17.5 Å². The third-order valence-corrected chi connectivity index (χ3v) is 3.54. The van der Waals surface area contributed by atoms with Gasteiger partial charge in [-0.05, 0) is 38.7 Å². The number of benzene rings is 1. The van der Waals surface area contributed by atoms with E-state index in [4.69, 9.17) is 5.73 Å². The molecule has 0 radical (unpaired) electrons. The number of aryl methyl sites for hydroxylation is 1. The average Bonchev–Trinajstić information content (AvgIpc) is 2.65. The zero-order valence-electron chi connectivity index (χ0n) is 10.2. The standard InChI is InChI=1S/C14H22N2/c1-10-3-5-12(6-4-10)11(2)16-14-8-7-13(15)9-14/h3-6,11,13-14,16H,7-9,15H2,1-2H3. The second-order valence-corrected chi connectivity index (χ2v) is 5.07.